The van der Waals surface area contributed by atoms with E-state index in [0.717, 1.165) is 0 Å². The molecule has 1 aromatic heterocycles. The highest BCUT2D eigenvalue weighted by atomic mass is 35.5. The third-order valence-electron chi connectivity index (χ3n) is 9.35. The van der Waals surface area contributed by atoms with Gasteiger partial charge in [-0.15, -0.1) is 5.10 Å². The van der Waals surface area contributed by atoms with Crippen LogP contribution in [-0.4, -0.2) is 109 Å². The number of likely N-dealkylation sites (N-methyl/N-ethyl adjacent to an activating group) is 1. The zero-order valence-electron chi connectivity index (χ0n) is 30.1. The maximum atomic E-state index is 13.6. The number of amides is 5. The van der Waals surface area contributed by atoms with Crippen LogP contribution >= 0.6 is 11.6 Å². The van der Waals surface area contributed by atoms with E-state index in [1.165, 1.54) is 24.1 Å². The SMILES string of the molecule is CNC(=O)[C@H](Cc1ccc(NC(=O)N(CCO[Si](C)(C)C(C)(C)C)C2CCS(=O)(=O)CC2)cc1)NC(=O)C(=O)Nc1cc(Cl)ccc1-n1cnnn1. The number of hydrogen-bond acceptors (Lipinski definition) is 10. The van der Waals surface area contributed by atoms with Crippen molar-refractivity contribution in [2.75, 3.05) is 42.3 Å². The zero-order valence-corrected chi connectivity index (χ0v) is 32.7. The minimum Gasteiger partial charge on any atom is -0.415 e. The first-order valence-electron chi connectivity index (χ1n) is 16.8. The molecule has 1 fully saturated rings. The number of benzene rings is 2. The molecule has 0 spiro atoms. The molecule has 4 rings (SSSR count). The van der Waals surface area contributed by atoms with Crippen LogP contribution in [-0.2, 0) is 35.1 Å². The molecule has 5 amide bonds. The normalized spacial score (nSPS) is 15.3. The Morgan fingerprint density at radius 3 is 2.31 bits per heavy atom. The monoisotopic (exact) mass is 775 g/mol. The molecule has 0 radical (unpaired) electrons. The van der Waals surface area contributed by atoms with E-state index in [0.29, 0.717) is 48.0 Å². The van der Waals surface area contributed by atoms with Gasteiger partial charge in [0.25, 0.3) is 0 Å². The first-order valence-corrected chi connectivity index (χ1v) is 21.9. The average Bonchev–Trinajstić information content (AvgIpc) is 3.61. The molecule has 0 unspecified atom stereocenters. The van der Waals surface area contributed by atoms with Gasteiger partial charge < -0.3 is 30.6 Å². The minimum atomic E-state index is -3.13. The van der Waals surface area contributed by atoms with E-state index < -0.39 is 41.9 Å². The van der Waals surface area contributed by atoms with E-state index in [2.05, 4.69) is 70.7 Å². The van der Waals surface area contributed by atoms with E-state index >= 15 is 0 Å². The maximum Gasteiger partial charge on any atom is 0.322 e. The van der Waals surface area contributed by atoms with Crippen LogP contribution in [0, 0.1) is 0 Å². The summed E-state index contributed by atoms with van der Waals surface area (Å²) in [5.74, 6) is -2.59. The molecule has 1 saturated heterocycles. The molecule has 0 bridgehead atoms. The van der Waals surface area contributed by atoms with Gasteiger partial charge in [0.1, 0.15) is 22.2 Å². The lowest BCUT2D eigenvalue weighted by atomic mass is 10.0. The van der Waals surface area contributed by atoms with E-state index in [4.69, 9.17) is 16.0 Å². The molecule has 1 aliphatic rings. The summed E-state index contributed by atoms with van der Waals surface area (Å²) in [4.78, 5) is 53.9. The number of tetrazole rings is 1. The number of sulfone groups is 1. The van der Waals surface area contributed by atoms with Gasteiger partial charge in [-0.1, -0.05) is 44.5 Å². The third-order valence-corrected chi connectivity index (χ3v) is 15.8. The summed E-state index contributed by atoms with van der Waals surface area (Å²) in [7, 11) is -3.80. The van der Waals surface area contributed by atoms with Crippen LogP contribution in [0.3, 0.4) is 0 Å². The number of halogens is 1. The molecular weight excluding hydrogens is 730 g/mol. The number of aromatic nitrogens is 4. The number of hydrogen-bond donors (Lipinski definition) is 4. The highest BCUT2D eigenvalue weighted by molar-refractivity contribution is 7.91. The number of anilines is 2. The predicted octanol–water partition coefficient (Wildman–Crippen LogP) is 3.16. The molecule has 0 saturated carbocycles. The molecule has 16 nitrogen and oxygen atoms in total. The number of carbonyl (C=O) groups excluding carboxylic acids is 4. The van der Waals surface area contributed by atoms with Crippen LogP contribution in [0.5, 0.6) is 0 Å². The third kappa shape index (κ3) is 10.8. The quantitative estimate of drug-likeness (QED) is 0.156. The second kappa shape index (κ2) is 17.0. The summed E-state index contributed by atoms with van der Waals surface area (Å²) >= 11 is 6.11. The fraction of sp³-hybridized carbons (Fsp3) is 0.485. The minimum absolute atomic E-state index is 0.00892. The Balaban J connectivity index is 1.41. The summed E-state index contributed by atoms with van der Waals surface area (Å²) in [6.07, 6.45) is 2.04. The first-order chi connectivity index (χ1) is 24.4. The summed E-state index contributed by atoms with van der Waals surface area (Å²) < 4.78 is 31.9. The summed E-state index contributed by atoms with van der Waals surface area (Å²) in [5, 5.41) is 21.6. The Labute approximate surface area is 309 Å². The summed E-state index contributed by atoms with van der Waals surface area (Å²) in [6.45, 7) is 11.3. The smallest absolute Gasteiger partial charge is 0.322 e. The van der Waals surface area contributed by atoms with Crippen molar-refractivity contribution in [2.45, 2.75) is 70.2 Å². The van der Waals surface area contributed by atoms with Crippen molar-refractivity contribution in [2.24, 2.45) is 0 Å². The van der Waals surface area contributed by atoms with Gasteiger partial charge in [0.2, 0.25) is 5.91 Å². The van der Waals surface area contributed by atoms with Crippen LogP contribution < -0.4 is 21.3 Å². The molecule has 0 aliphatic carbocycles. The molecule has 1 atom stereocenters. The molecular formula is C33H46ClN9O7SSi. The van der Waals surface area contributed by atoms with Gasteiger partial charge >= 0.3 is 17.8 Å². The topological polar surface area (TPSA) is 207 Å². The van der Waals surface area contributed by atoms with E-state index in [1.54, 1.807) is 41.3 Å². The molecule has 2 aromatic carbocycles. The fourth-order valence-corrected chi connectivity index (χ4v) is 7.95. The van der Waals surface area contributed by atoms with Gasteiger partial charge in [0, 0.05) is 36.8 Å². The van der Waals surface area contributed by atoms with Gasteiger partial charge in [-0.3, -0.25) is 14.4 Å². The first kappa shape index (κ1) is 40.4. The fourth-order valence-electron chi connectivity index (χ4n) is 5.28. The van der Waals surface area contributed by atoms with E-state index in [-0.39, 0.29) is 40.7 Å². The van der Waals surface area contributed by atoms with Crippen molar-refractivity contribution < 1.29 is 32.0 Å². The van der Waals surface area contributed by atoms with Gasteiger partial charge in [-0.05, 0) is 77.3 Å². The van der Waals surface area contributed by atoms with E-state index in [1.807, 2.05) is 0 Å². The van der Waals surface area contributed by atoms with Crippen LogP contribution in [0.1, 0.15) is 39.2 Å². The summed E-state index contributed by atoms with van der Waals surface area (Å²) in [6, 6.07) is 9.54. The molecule has 19 heteroatoms. The van der Waals surface area contributed by atoms with Crippen molar-refractivity contribution in [1.29, 1.82) is 0 Å². The van der Waals surface area contributed by atoms with E-state index in [9.17, 15) is 27.6 Å². The maximum absolute atomic E-state index is 13.6. The number of rotatable bonds is 12. The van der Waals surface area contributed by atoms with Gasteiger partial charge in [-0.2, -0.15) is 4.68 Å². The van der Waals surface area contributed by atoms with Crippen molar-refractivity contribution in [3.05, 3.63) is 59.4 Å². The van der Waals surface area contributed by atoms with Gasteiger partial charge in [0.15, 0.2) is 8.32 Å². The molecule has 1 aliphatic heterocycles. The Morgan fingerprint density at radius 2 is 1.71 bits per heavy atom. The van der Waals surface area contributed by atoms with Crippen LogP contribution in [0.15, 0.2) is 48.8 Å². The molecule has 4 N–H and O–H groups in total. The highest BCUT2D eigenvalue weighted by Gasteiger charge is 2.38. The van der Waals surface area contributed by atoms with Crippen LogP contribution in [0.25, 0.3) is 5.69 Å². The second-order valence-electron chi connectivity index (χ2n) is 14.0. The largest absolute Gasteiger partial charge is 0.415 e. The zero-order chi connectivity index (χ0) is 38.3. The molecule has 2 heterocycles. The predicted molar refractivity (Wildman–Crippen MR) is 199 cm³/mol. The van der Waals surface area contributed by atoms with Crippen molar-refractivity contribution >= 4 is 64.9 Å². The molecule has 52 heavy (non-hydrogen) atoms. The summed E-state index contributed by atoms with van der Waals surface area (Å²) in [5.41, 5.74) is 1.65. The number of nitrogens with one attached hydrogen (secondary N) is 4. The lowest BCUT2D eigenvalue weighted by molar-refractivity contribution is -0.138. The van der Waals surface area contributed by atoms with Gasteiger partial charge in [-0.25, -0.2) is 13.2 Å². The number of nitrogens with zero attached hydrogens (tertiary/aromatic N) is 5. The van der Waals surface area contributed by atoms with Crippen molar-refractivity contribution in [3.8, 4) is 5.69 Å². The molecule has 3 aromatic rings. The van der Waals surface area contributed by atoms with Crippen LogP contribution in [0.2, 0.25) is 23.2 Å². The Hall–Kier alpha value is -4.39. The van der Waals surface area contributed by atoms with Crippen molar-refractivity contribution in [3.63, 3.8) is 0 Å². The molecule has 282 valence electrons. The lowest BCUT2D eigenvalue weighted by Gasteiger charge is -2.38. The Bertz CT molecular complexity index is 1840. The Morgan fingerprint density at radius 1 is 1.04 bits per heavy atom. The standard InChI is InChI=1S/C33H46ClN9O7SSi/c1-33(2,3)52(5,6)50-16-15-42(25-13-17-51(48,49)18-14-25)32(47)37-24-10-7-22(8-11-24)19-27(29(44)35-4)39-31(46)30(45)38-26-20-23(34)9-12-28(26)43-21-36-40-41-43/h7-12,20-21,25,27H,13-19H2,1-6H3,(H,35,44)(H,37,47)(H,38,45)(H,39,46)/t27-/m0/s1. The second-order valence-corrected chi connectivity index (χ2v) is 21.6. The number of urea groups is 1. The van der Waals surface area contributed by atoms with Crippen molar-refractivity contribution in [1.82, 2.24) is 35.7 Å². The number of carbonyl (C=O) groups is 4. The lowest BCUT2D eigenvalue weighted by Crippen LogP contribution is -2.50. The van der Waals surface area contributed by atoms with Crippen LogP contribution in [0.4, 0.5) is 16.2 Å². The van der Waals surface area contributed by atoms with Gasteiger partial charge in [0.05, 0.1) is 29.5 Å². The Kier molecular flexibility index (Phi) is 13.2. The average molecular weight is 776 g/mol. The highest BCUT2D eigenvalue weighted by Crippen LogP contribution is 2.36.